The molecular weight excluding hydrogens is 268 g/mol. The Bertz CT molecular complexity index is 536. The van der Waals surface area contributed by atoms with Gasteiger partial charge in [-0.3, -0.25) is 14.5 Å². The van der Waals surface area contributed by atoms with Gasteiger partial charge < -0.3 is 16.0 Å². The Morgan fingerprint density at radius 2 is 1.90 bits per heavy atom. The van der Waals surface area contributed by atoms with Crippen LogP contribution in [0.4, 0.5) is 11.4 Å². The van der Waals surface area contributed by atoms with E-state index in [1.165, 1.54) is 0 Å². The molecule has 2 rings (SSSR count). The van der Waals surface area contributed by atoms with Gasteiger partial charge in [-0.25, -0.2) is 0 Å². The summed E-state index contributed by atoms with van der Waals surface area (Å²) >= 11 is 0. The third-order valence-corrected chi connectivity index (χ3v) is 3.71. The van der Waals surface area contributed by atoms with E-state index in [-0.39, 0.29) is 11.8 Å². The molecule has 114 valence electrons. The third-order valence-electron chi connectivity index (χ3n) is 3.71. The first-order valence-corrected chi connectivity index (χ1v) is 7.09. The molecule has 1 aliphatic rings. The smallest absolute Gasteiger partial charge is 0.238 e. The van der Waals surface area contributed by atoms with Crippen LogP contribution >= 0.6 is 0 Å². The zero-order chi connectivity index (χ0) is 15.4. The van der Waals surface area contributed by atoms with Gasteiger partial charge in [-0.1, -0.05) is 0 Å². The number of nitrogens with zero attached hydrogens (tertiary/aromatic N) is 2. The molecule has 0 aliphatic carbocycles. The lowest BCUT2D eigenvalue weighted by molar-refractivity contribution is -0.130. The highest BCUT2D eigenvalue weighted by atomic mass is 16.2. The molecule has 1 fully saturated rings. The van der Waals surface area contributed by atoms with Crippen LogP contribution in [0.5, 0.6) is 0 Å². The SMILES string of the molecule is CC(=O)N1CCN(CC(=O)Nc2ccc(N)cc2C)CC1. The Labute approximate surface area is 124 Å². The van der Waals surface area contributed by atoms with Crippen molar-refractivity contribution in [1.29, 1.82) is 0 Å². The highest BCUT2D eigenvalue weighted by Crippen LogP contribution is 2.17. The summed E-state index contributed by atoms with van der Waals surface area (Å²) < 4.78 is 0. The molecule has 2 amide bonds. The van der Waals surface area contributed by atoms with Crippen molar-refractivity contribution in [2.24, 2.45) is 0 Å². The van der Waals surface area contributed by atoms with Crippen molar-refractivity contribution >= 4 is 23.2 Å². The second-order valence-corrected chi connectivity index (χ2v) is 5.40. The van der Waals surface area contributed by atoms with E-state index in [1.54, 1.807) is 17.9 Å². The number of aryl methyl sites for hydroxylation is 1. The normalized spacial score (nSPS) is 15.8. The van der Waals surface area contributed by atoms with Crippen LogP contribution in [0, 0.1) is 6.92 Å². The van der Waals surface area contributed by atoms with Gasteiger partial charge in [0, 0.05) is 44.5 Å². The molecule has 21 heavy (non-hydrogen) atoms. The minimum Gasteiger partial charge on any atom is -0.399 e. The van der Waals surface area contributed by atoms with Crippen LogP contribution in [0.1, 0.15) is 12.5 Å². The summed E-state index contributed by atoms with van der Waals surface area (Å²) in [5, 5.41) is 2.90. The van der Waals surface area contributed by atoms with Gasteiger partial charge in [-0.05, 0) is 30.7 Å². The van der Waals surface area contributed by atoms with Gasteiger partial charge in [0.15, 0.2) is 0 Å². The van der Waals surface area contributed by atoms with Crippen molar-refractivity contribution in [3.63, 3.8) is 0 Å². The number of hydrogen-bond donors (Lipinski definition) is 2. The van der Waals surface area contributed by atoms with E-state index in [9.17, 15) is 9.59 Å². The van der Waals surface area contributed by atoms with Crippen molar-refractivity contribution in [3.8, 4) is 0 Å². The fraction of sp³-hybridized carbons (Fsp3) is 0.467. The summed E-state index contributed by atoms with van der Waals surface area (Å²) in [5.74, 6) is 0.0516. The quantitative estimate of drug-likeness (QED) is 0.802. The Hall–Kier alpha value is -2.08. The van der Waals surface area contributed by atoms with E-state index in [2.05, 4.69) is 10.2 Å². The predicted octanol–water partition coefficient (Wildman–Crippen LogP) is 0.680. The second-order valence-electron chi connectivity index (χ2n) is 5.40. The number of anilines is 2. The van der Waals surface area contributed by atoms with Crippen molar-refractivity contribution in [3.05, 3.63) is 23.8 Å². The molecule has 0 atom stereocenters. The molecule has 1 saturated heterocycles. The highest BCUT2D eigenvalue weighted by molar-refractivity contribution is 5.93. The molecule has 6 nitrogen and oxygen atoms in total. The molecule has 6 heteroatoms. The average Bonchev–Trinajstić information content (AvgIpc) is 2.42. The summed E-state index contributed by atoms with van der Waals surface area (Å²) in [7, 11) is 0. The van der Waals surface area contributed by atoms with E-state index in [0.29, 0.717) is 25.3 Å². The highest BCUT2D eigenvalue weighted by Gasteiger charge is 2.20. The van der Waals surface area contributed by atoms with Crippen molar-refractivity contribution < 1.29 is 9.59 Å². The summed E-state index contributed by atoms with van der Waals surface area (Å²) in [6.45, 7) is 6.66. The number of piperazine rings is 1. The number of rotatable bonds is 3. The minimum atomic E-state index is -0.0425. The number of hydrogen-bond acceptors (Lipinski definition) is 4. The number of benzene rings is 1. The molecule has 0 unspecified atom stereocenters. The van der Waals surface area contributed by atoms with Gasteiger partial charge in [-0.2, -0.15) is 0 Å². The maximum Gasteiger partial charge on any atom is 0.238 e. The van der Waals surface area contributed by atoms with Gasteiger partial charge in [0.2, 0.25) is 11.8 Å². The van der Waals surface area contributed by atoms with Crippen LogP contribution < -0.4 is 11.1 Å². The van der Waals surface area contributed by atoms with Gasteiger partial charge in [0.05, 0.1) is 6.54 Å². The Morgan fingerprint density at radius 1 is 1.24 bits per heavy atom. The first-order chi connectivity index (χ1) is 9.95. The summed E-state index contributed by atoms with van der Waals surface area (Å²) in [5.41, 5.74) is 8.12. The van der Waals surface area contributed by atoms with Crippen LogP contribution in [-0.4, -0.2) is 54.3 Å². The number of carbonyl (C=O) groups is 2. The van der Waals surface area contributed by atoms with Crippen LogP contribution in [0.3, 0.4) is 0 Å². The topological polar surface area (TPSA) is 78.7 Å². The third kappa shape index (κ3) is 4.19. The summed E-state index contributed by atoms with van der Waals surface area (Å²) in [6, 6.07) is 5.42. The molecule has 0 spiro atoms. The van der Waals surface area contributed by atoms with Gasteiger partial charge in [-0.15, -0.1) is 0 Å². The van der Waals surface area contributed by atoms with Crippen molar-refractivity contribution in [2.75, 3.05) is 43.8 Å². The van der Waals surface area contributed by atoms with E-state index in [1.807, 2.05) is 19.1 Å². The second kappa shape index (κ2) is 6.58. The molecule has 1 aromatic rings. The first-order valence-electron chi connectivity index (χ1n) is 7.09. The number of amides is 2. The van der Waals surface area contributed by atoms with E-state index >= 15 is 0 Å². The van der Waals surface area contributed by atoms with Gasteiger partial charge in [0.1, 0.15) is 0 Å². The molecular formula is C15H22N4O2. The standard InChI is InChI=1S/C15H22N4O2/c1-11-9-13(16)3-4-14(11)17-15(21)10-18-5-7-19(8-6-18)12(2)20/h3-4,9H,5-8,10,16H2,1-2H3,(H,17,21). The molecule has 0 aromatic heterocycles. The maximum atomic E-state index is 12.1. The Morgan fingerprint density at radius 3 is 2.48 bits per heavy atom. The number of nitrogen functional groups attached to an aromatic ring is 1. The van der Waals surface area contributed by atoms with Gasteiger partial charge in [0.25, 0.3) is 0 Å². The lowest BCUT2D eigenvalue weighted by Crippen LogP contribution is -2.49. The fourth-order valence-electron chi connectivity index (χ4n) is 2.44. The molecule has 1 heterocycles. The average molecular weight is 290 g/mol. The zero-order valence-electron chi connectivity index (χ0n) is 12.6. The fourth-order valence-corrected chi connectivity index (χ4v) is 2.44. The Kier molecular flexibility index (Phi) is 4.80. The number of nitrogens with one attached hydrogen (secondary N) is 1. The molecule has 0 radical (unpaired) electrons. The zero-order valence-corrected chi connectivity index (χ0v) is 12.6. The van der Waals surface area contributed by atoms with Crippen LogP contribution in [0.15, 0.2) is 18.2 Å². The molecule has 1 aromatic carbocycles. The molecule has 1 aliphatic heterocycles. The lowest BCUT2D eigenvalue weighted by Gasteiger charge is -2.33. The van der Waals surface area contributed by atoms with E-state index in [4.69, 9.17) is 5.73 Å². The molecule has 3 N–H and O–H groups in total. The lowest BCUT2D eigenvalue weighted by atomic mass is 10.2. The molecule has 0 bridgehead atoms. The van der Waals surface area contributed by atoms with Crippen LogP contribution in [0.2, 0.25) is 0 Å². The minimum absolute atomic E-state index is 0.0425. The largest absolute Gasteiger partial charge is 0.399 e. The molecule has 0 saturated carbocycles. The maximum absolute atomic E-state index is 12.1. The van der Waals surface area contributed by atoms with E-state index < -0.39 is 0 Å². The Balaban J connectivity index is 1.84. The predicted molar refractivity (Wildman–Crippen MR) is 82.9 cm³/mol. The number of nitrogens with two attached hydrogens (primary N) is 1. The van der Waals surface area contributed by atoms with Crippen molar-refractivity contribution in [1.82, 2.24) is 9.80 Å². The van der Waals surface area contributed by atoms with Crippen molar-refractivity contribution in [2.45, 2.75) is 13.8 Å². The van der Waals surface area contributed by atoms with Crippen LogP contribution in [0.25, 0.3) is 0 Å². The number of carbonyl (C=O) groups excluding carboxylic acids is 2. The van der Waals surface area contributed by atoms with E-state index in [0.717, 1.165) is 24.3 Å². The monoisotopic (exact) mass is 290 g/mol. The summed E-state index contributed by atoms with van der Waals surface area (Å²) in [6.07, 6.45) is 0. The summed E-state index contributed by atoms with van der Waals surface area (Å²) in [4.78, 5) is 27.2. The van der Waals surface area contributed by atoms with Crippen LogP contribution in [-0.2, 0) is 9.59 Å². The first kappa shape index (κ1) is 15.3. The van der Waals surface area contributed by atoms with Gasteiger partial charge >= 0.3 is 0 Å².